The highest BCUT2D eigenvalue weighted by molar-refractivity contribution is 9.11. The second-order valence-electron chi connectivity index (χ2n) is 3.55. The minimum Gasteiger partial charge on any atom is -0.495 e. The van der Waals surface area contributed by atoms with Crippen molar-refractivity contribution in [1.82, 2.24) is 5.32 Å². The van der Waals surface area contributed by atoms with Gasteiger partial charge in [-0.1, -0.05) is 15.9 Å². The fourth-order valence-corrected chi connectivity index (χ4v) is 3.39. The third-order valence-electron chi connectivity index (χ3n) is 2.15. The zero-order valence-electron chi connectivity index (χ0n) is 9.98. The first-order valence-electron chi connectivity index (χ1n) is 5.27. The van der Waals surface area contributed by atoms with Crippen LogP contribution in [-0.2, 0) is 6.54 Å². The summed E-state index contributed by atoms with van der Waals surface area (Å²) in [5, 5.41) is 2.96. The normalized spacial score (nSPS) is 11.7. The van der Waals surface area contributed by atoms with Gasteiger partial charge in [0.1, 0.15) is 5.75 Å². The molecule has 2 nitrogen and oxygen atoms in total. The van der Waals surface area contributed by atoms with Crippen molar-refractivity contribution in [2.24, 2.45) is 0 Å². The molecule has 8 heteroatoms. The molecule has 1 aromatic carbocycles. The average Bonchev–Trinajstić information content (AvgIpc) is 2.26. The van der Waals surface area contributed by atoms with Crippen LogP contribution in [0.1, 0.15) is 5.56 Å². The van der Waals surface area contributed by atoms with Gasteiger partial charge in [-0.3, -0.25) is 0 Å². The van der Waals surface area contributed by atoms with E-state index in [0.717, 1.165) is 14.5 Å². The van der Waals surface area contributed by atoms with Gasteiger partial charge >= 0.3 is 5.51 Å². The van der Waals surface area contributed by atoms with Crippen LogP contribution in [-0.4, -0.2) is 24.9 Å². The highest BCUT2D eigenvalue weighted by Crippen LogP contribution is 2.33. The molecule has 0 aromatic heterocycles. The van der Waals surface area contributed by atoms with E-state index in [1.807, 2.05) is 12.1 Å². The van der Waals surface area contributed by atoms with Crippen LogP contribution in [0.5, 0.6) is 5.75 Å². The lowest BCUT2D eigenvalue weighted by Gasteiger charge is -2.12. The van der Waals surface area contributed by atoms with Gasteiger partial charge in [0.15, 0.2) is 0 Å². The summed E-state index contributed by atoms with van der Waals surface area (Å²) in [6.45, 7) is 0.719. The third kappa shape index (κ3) is 6.37. The van der Waals surface area contributed by atoms with E-state index in [-0.39, 0.29) is 24.1 Å². The molecular weight excluding hydrogens is 411 g/mol. The van der Waals surface area contributed by atoms with Crippen molar-refractivity contribution in [3.05, 3.63) is 26.6 Å². The molecule has 19 heavy (non-hydrogen) atoms. The number of methoxy groups -OCH3 is 1. The molecule has 0 aliphatic heterocycles. The lowest BCUT2D eigenvalue weighted by Crippen LogP contribution is -2.18. The Balaban J connectivity index is 2.49. The van der Waals surface area contributed by atoms with Gasteiger partial charge in [-0.2, -0.15) is 13.2 Å². The summed E-state index contributed by atoms with van der Waals surface area (Å²) in [6, 6.07) is 3.72. The summed E-state index contributed by atoms with van der Waals surface area (Å²) in [5.41, 5.74) is -3.29. The van der Waals surface area contributed by atoms with E-state index in [9.17, 15) is 13.2 Å². The van der Waals surface area contributed by atoms with Gasteiger partial charge < -0.3 is 10.1 Å². The Morgan fingerprint density at radius 3 is 2.58 bits per heavy atom. The molecular formula is C11H12Br2F3NOS. The molecule has 0 atom stereocenters. The molecule has 0 saturated heterocycles. The van der Waals surface area contributed by atoms with Gasteiger partial charge in [-0.25, -0.2) is 0 Å². The summed E-state index contributed by atoms with van der Waals surface area (Å²) in [6.07, 6.45) is 0. The van der Waals surface area contributed by atoms with Crippen LogP contribution in [0.15, 0.2) is 21.1 Å². The van der Waals surface area contributed by atoms with Crippen LogP contribution >= 0.6 is 43.6 Å². The molecule has 0 amide bonds. The third-order valence-corrected chi connectivity index (χ3v) is 3.93. The Hall–Kier alpha value is 0.0800. The van der Waals surface area contributed by atoms with Crippen LogP contribution in [0.25, 0.3) is 0 Å². The maximum Gasteiger partial charge on any atom is 0.441 e. The van der Waals surface area contributed by atoms with Crippen molar-refractivity contribution in [1.29, 1.82) is 0 Å². The van der Waals surface area contributed by atoms with Gasteiger partial charge in [-0.05, 0) is 39.8 Å². The van der Waals surface area contributed by atoms with Gasteiger partial charge in [0, 0.05) is 28.9 Å². The molecule has 1 rings (SSSR count). The smallest absolute Gasteiger partial charge is 0.441 e. The second-order valence-corrected chi connectivity index (χ2v) is 6.48. The predicted octanol–water partition coefficient (Wildman–Crippen LogP) is 4.56. The molecule has 0 aliphatic carbocycles. The molecule has 108 valence electrons. The molecule has 1 N–H and O–H groups in total. The zero-order valence-corrected chi connectivity index (χ0v) is 14.0. The molecule has 0 bridgehead atoms. The molecule has 0 heterocycles. The summed E-state index contributed by atoms with van der Waals surface area (Å²) in [4.78, 5) is 0. The van der Waals surface area contributed by atoms with Crippen molar-refractivity contribution >= 4 is 43.6 Å². The molecule has 1 aromatic rings. The number of nitrogens with one attached hydrogen (secondary N) is 1. The fraction of sp³-hybridized carbons (Fsp3) is 0.455. The van der Waals surface area contributed by atoms with Crippen molar-refractivity contribution in [2.45, 2.75) is 12.1 Å². The van der Waals surface area contributed by atoms with Gasteiger partial charge in [-0.15, -0.1) is 0 Å². The first-order valence-corrected chi connectivity index (χ1v) is 7.84. The van der Waals surface area contributed by atoms with Gasteiger partial charge in [0.25, 0.3) is 0 Å². The number of rotatable bonds is 6. The summed E-state index contributed by atoms with van der Waals surface area (Å²) >= 11 is 6.70. The molecule has 0 aliphatic rings. The second kappa shape index (κ2) is 7.75. The van der Waals surface area contributed by atoms with Gasteiger partial charge in [0.2, 0.25) is 0 Å². The number of alkyl halides is 3. The number of benzene rings is 1. The number of thioether (sulfide) groups is 1. The van der Waals surface area contributed by atoms with Crippen molar-refractivity contribution in [3.8, 4) is 5.75 Å². The average molecular weight is 423 g/mol. The Labute approximate surface area is 130 Å². The molecule has 0 unspecified atom stereocenters. The lowest BCUT2D eigenvalue weighted by atomic mass is 10.2. The van der Waals surface area contributed by atoms with Crippen LogP contribution < -0.4 is 10.1 Å². The largest absolute Gasteiger partial charge is 0.495 e. The Kier molecular flexibility index (Phi) is 6.99. The predicted molar refractivity (Wildman–Crippen MR) is 78.6 cm³/mol. The maximum absolute atomic E-state index is 11.9. The van der Waals surface area contributed by atoms with E-state index in [1.165, 1.54) is 0 Å². The van der Waals surface area contributed by atoms with Crippen LogP contribution in [0.4, 0.5) is 13.2 Å². The standard InChI is InChI=1S/C11H12Br2F3NOS/c1-18-10-7(4-8(12)5-9(10)13)6-17-2-3-19-11(14,15)16/h4-5,17H,2-3,6H2,1H3. The van der Waals surface area contributed by atoms with Gasteiger partial charge in [0.05, 0.1) is 11.6 Å². The van der Waals surface area contributed by atoms with Crippen molar-refractivity contribution in [3.63, 3.8) is 0 Å². The number of ether oxygens (including phenoxy) is 1. The van der Waals surface area contributed by atoms with Crippen LogP contribution in [0.3, 0.4) is 0 Å². The first kappa shape index (κ1) is 17.1. The zero-order chi connectivity index (χ0) is 14.5. The first-order chi connectivity index (χ1) is 8.83. The topological polar surface area (TPSA) is 21.3 Å². The molecule has 0 fully saturated rings. The van der Waals surface area contributed by atoms with E-state index in [1.54, 1.807) is 7.11 Å². The summed E-state index contributed by atoms with van der Waals surface area (Å²) in [5.74, 6) is 0.667. The van der Waals surface area contributed by atoms with Crippen molar-refractivity contribution < 1.29 is 17.9 Å². The Bertz CT molecular complexity index is 429. The van der Waals surface area contributed by atoms with E-state index >= 15 is 0 Å². The summed E-state index contributed by atoms with van der Waals surface area (Å²) < 4.78 is 42.7. The van der Waals surface area contributed by atoms with Crippen LogP contribution in [0, 0.1) is 0 Å². The Morgan fingerprint density at radius 2 is 2.00 bits per heavy atom. The highest BCUT2D eigenvalue weighted by Gasteiger charge is 2.27. The van der Waals surface area contributed by atoms with E-state index in [2.05, 4.69) is 37.2 Å². The molecule has 0 radical (unpaired) electrons. The lowest BCUT2D eigenvalue weighted by molar-refractivity contribution is -0.0327. The minimum atomic E-state index is -4.17. The SMILES string of the molecule is COc1c(Br)cc(Br)cc1CNCCSC(F)(F)F. The highest BCUT2D eigenvalue weighted by atomic mass is 79.9. The molecule has 0 saturated carbocycles. The van der Waals surface area contributed by atoms with E-state index in [0.29, 0.717) is 12.3 Å². The van der Waals surface area contributed by atoms with E-state index < -0.39 is 5.51 Å². The molecule has 0 spiro atoms. The number of hydrogen-bond donors (Lipinski definition) is 1. The minimum absolute atomic E-state index is 0.0129. The quantitative estimate of drug-likeness (QED) is 0.679. The Morgan fingerprint density at radius 1 is 1.32 bits per heavy atom. The number of hydrogen-bond acceptors (Lipinski definition) is 3. The maximum atomic E-state index is 11.9. The van der Waals surface area contributed by atoms with E-state index in [4.69, 9.17) is 4.74 Å². The van der Waals surface area contributed by atoms with Crippen LogP contribution in [0.2, 0.25) is 0 Å². The number of halogens is 5. The summed E-state index contributed by atoms with van der Waals surface area (Å²) in [7, 11) is 1.55. The monoisotopic (exact) mass is 421 g/mol. The van der Waals surface area contributed by atoms with Crippen molar-refractivity contribution in [2.75, 3.05) is 19.4 Å². The fourth-order valence-electron chi connectivity index (χ4n) is 1.44.